The zero-order chi connectivity index (χ0) is 24.7. The van der Waals surface area contributed by atoms with Crippen molar-refractivity contribution < 1.29 is 0 Å². The maximum absolute atomic E-state index is 5.03. The van der Waals surface area contributed by atoms with Gasteiger partial charge in [-0.25, -0.2) is 15.0 Å². The average molecular weight is 495 g/mol. The third-order valence-corrected chi connectivity index (χ3v) is 8.93. The molecule has 0 atom stereocenters. The predicted molar refractivity (Wildman–Crippen MR) is 153 cm³/mol. The van der Waals surface area contributed by atoms with Crippen LogP contribution in [0.5, 0.6) is 0 Å². The summed E-state index contributed by atoms with van der Waals surface area (Å²) >= 11 is 1.86. The van der Waals surface area contributed by atoms with Crippen LogP contribution in [0.4, 0.5) is 0 Å². The number of aromatic nitrogens is 4. The van der Waals surface area contributed by atoms with Crippen molar-refractivity contribution in [3.63, 3.8) is 0 Å². The summed E-state index contributed by atoms with van der Waals surface area (Å²) in [7, 11) is 0. The molecule has 0 radical (unpaired) electrons. The Hall–Kier alpha value is -4.35. The minimum absolute atomic E-state index is 0.178. The molecule has 0 spiro atoms. The van der Waals surface area contributed by atoms with E-state index >= 15 is 0 Å². The number of fused-ring (bicyclic) bond motifs is 5. The van der Waals surface area contributed by atoms with Crippen molar-refractivity contribution >= 4 is 42.5 Å². The second-order valence-electron chi connectivity index (χ2n) is 10.2. The summed E-state index contributed by atoms with van der Waals surface area (Å²) in [6.07, 6.45) is 3.36. The minimum Gasteiger partial charge on any atom is -0.290 e. The van der Waals surface area contributed by atoms with Crippen molar-refractivity contribution in [2.24, 2.45) is 0 Å². The highest BCUT2D eigenvalue weighted by Gasteiger charge is 2.36. The molecule has 8 rings (SSSR count). The maximum Gasteiger partial charge on any atom is 0.164 e. The first kappa shape index (κ1) is 20.8. The molecule has 0 N–H and O–H groups in total. The van der Waals surface area contributed by atoms with Crippen LogP contribution in [0, 0.1) is 0 Å². The van der Waals surface area contributed by atoms with E-state index in [1.807, 2.05) is 17.4 Å². The summed E-state index contributed by atoms with van der Waals surface area (Å²) < 4.78 is 4.94. The maximum atomic E-state index is 5.03. The van der Waals surface area contributed by atoms with Gasteiger partial charge in [0.25, 0.3) is 0 Å². The van der Waals surface area contributed by atoms with Crippen molar-refractivity contribution in [1.82, 2.24) is 19.5 Å². The number of hydrogen-bond acceptors (Lipinski definition) is 4. The molecule has 0 amide bonds. The third kappa shape index (κ3) is 2.86. The summed E-state index contributed by atoms with van der Waals surface area (Å²) in [5.41, 5.74) is 8.98. The van der Waals surface area contributed by atoms with Gasteiger partial charge in [-0.1, -0.05) is 56.3 Å². The van der Waals surface area contributed by atoms with Crippen LogP contribution < -0.4 is 0 Å². The predicted octanol–water partition coefficient (Wildman–Crippen LogP) is 8.16. The van der Waals surface area contributed by atoms with E-state index in [1.54, 1.807) is 12.5 Å². The normalized spacial score (nSPS) is 13.9. The first-order valence-electron chi connectivity index (χ1n) is 12.4. The molecule has 4 heterocycles. The van der Waals surface area contributed by atoms with Gasteiger partial charge in [-0.05, 0) is 64.7 Å². The molecular weight excluding hydrogens is 472 g/mol. The highest BCUT2D eigenvalue weighted by Crippen LogP contribution is 2.47. The molecule has 5 heteroatoms. The number of hydrogen-bond donors (Lipinski definition) is 0. The summed E-state index contributed by atoms with van der Waals surface area (Å²) in [6.45, 7) is 4.64. The number of para-hydroxylation sites is 1. The van der Waals surface area contributed by atoms with Gasteiger partial charge < -0.3 is 0 Å². The molecule has 37 heavy (non-hydrogen) atoms. The molecule has 0 aliphatic carbocycles. The molecule has 0 saturated carbocycles. The first-order chi connectivity index (χ1) is 18.1. The van der Waals surface area contributed by atoms with Crippen molar-refractivity contribution in [3.05, 3.63) is 109 Å². The van der Waals surface area contributed by atoms with Gasteiger partial charge in [0.1, 0.15) is 12.0 Å². The van der Waals surface area contributed by atoms with Gasteiger partial charge in [0.2, 0.25) is 0 Å². The topological polar surface area (TPSA) is 43.6 Å². The van der Waals surface area contributed by atoms with Crippen LogP contribution in [-0.4, -0.2) is 19.5 Å². The molecule has 0 saturated heterocycles. The lowest BCUT2D eigenvalue weighted by Crippen LogP contribution is -2.26. The van der Waals surface area contributed by atoms with Crippen LogP contribution in [0.25, 0.3) is 59.5 Å². The van der Waals surface area contributed by atoms with Gasteiger partial charge in [0.15, 0.2) is 5.82 Å². The molecule has 0 unspecified atom stereocenters. The van der Waals surface area contributed by atoms with Gasteiger partial charge in [0, 0.05) is 31.8 Å². The number of rotatable bonds is 2. The second kappa shape index (κ2) is 7.34. The molecule has 7 aromatic rings. The smallest absolute Gasteiger partial charge is 0.164 e. The number of benzene rings is 4. The Labute approximate surface area is 217 Å². The third-order valence-electron chi connectivity index (χ3n) is 7.78. The summed E-state index contributed by atoms with van der Waals surface area (Å²) in [6, 6.07) is 30.8. The van der Waals surface area contributed by atoms with E-state index in [0.29, 0.717) is 0 Å². The van der Waals surface area contributed by atoms with E-state index in [1.165, 1.54) is 42.4 Å². The Kier molecular flexibility index (Phi) is 4.13. The quantitative estimate of drug-likeness (QED) is 0.243. The Morgan fingerprint density at radius 3 is 2.49 bits per heavy atom. The molecule has 176 valence electrons. The number of imidazole rings is 1. The van der Waals surface area contributed by atoms with Crippen LogP contribution in [0.1, 0.15) is 25.0 Å². The molecule has 4 nitrogen and oxygen atoms in total. The average Bonchev–Trinajstić information content (AvgIpc) is 3.51. The van der Waals surface area contributed by atoms with Crippen molar-refractivity contribution in [1.29, 1.82) is 0 Å². The van der Waals surface area contributed by atoms with Gasteiger partial charge >= 0.3 is 0 Å². The molecule has 3 aromatic heterocycles. The number of thiophene rings is 1. The van der Waals surface area contributed by atoms with Crippen molar-refractivity contribution in [2.75, 3.05) is 0 Å². The zero-order valence-corrected chi connectivity index (χ0v) is 21.3. The van der Waals surface area contributed by atoms with E-state index in [9.17, 15) is 0 Å². The van der Waals surface area contributed by atoms with E-state index in [4.69, 9.17) is 4.98 Å². The molecular formula is C32H22N4S. The fraction of sp³-hybridized carbons (Fsp3) is 0.0938. The van der Waals surface area contributed by atoms with Gasteiger partial charge in [0.05, 0.1) is 16.7 Å². The zero-order valence-electron chi connectivity index (χ0n) is 20.4. The van der Waals surface area contributed by atoms with E-state index in [0.717, 1.165) is 28.2 Å². The summed E-state index contributed by atoms with van der Waals surface area (Å²) in [4.78, 5) is 13.7. The largest absolute Gasteiger partial charge is 0.290 e. The van der Waals surface area contributed by atoms with Crippen LogP contribution >= 0.6 is 11.3 Å². The van der Waals surface area contributed by atoms with E-state index < -0.39 is 0 Å². The Morgan fingerprint density at radius 1 is 0.757 bits per heavy atom. The van der Waals surface area contributed by atoms with Crippen LogP contribution in [0.3, 0.4) is 0 Å². The fourth-order valence-electron chi connectivity index (χ4n) is 5.92. The monoisotopic (exact) mass is 494 g/mol. The number of nitrogens with zero attached hydrogens (tertiary/aromatic N) is 4. The van der Waals surface area contributed by atoms with Crippen LogP contribution in [0.15, 0.2) is 97.5 Å². The minimum atomic E-state index is -0.178. The highest BCUT2D eigenvalue weighted by atomic mass is 32.1. The first-order valence-corrected chi connectivity index (χ1v) is 13.3. The van der Waals surface area contributed by atoms with E-state index in [-0.39, 0.29) is 5.41 Å². The molecule has 0 fully saturated rings. The van der Waals surface area contributed by atoms with Crippen LogP contribution in [0.2, 0.25) is 0 Å². The van der Waals surface area contributed by atoms with Crippen LogP contribution in [-0.2, 0) is 5.41 Å². The molecule has 0 bridgehead atoms. The van der Waals surface area contributed by atoms with Gasteiger partial charge in [-0.15, -0.1) is 11.3 Å². The lowest BCUT2D eigenvalue weighted by Gasteiger charge is -2.35. The standard InChI is InChI=1S/C32H22N4S/c1-32(2)23-7-5-8-25-30(23)36(31(35-25)26-14-15-33-18-34-26)27-12-10-20(17-24(27)32)19-11-13-29-22(16-19)21-6-3-4-9-28(21)37-29/h3-18H,1-2H3. The Bertz CT molecular complexity index is 2010. The van der Waals surface area contributed by atoms with Gasteiger partial charge in [-0.3, -0.25) is 4.57 Å². The molecule has 1 aliphatic rings. The summed E-state index contributed by atoms with van der Waals surface area (Å²) in [5.74, 6) is 0.848. The summed E-state index contributed by atoms with van der Waals surface area (Å²) in [5, 5.41) is 2.65. The Balaban J connectivity index is 1.38. The lowest BCUT2D eigenvalue weighted by molar-refractivity contribution is 0.629. The van der Waals surface area contributed by atoms with Crippen molar-refractivity contribution in [3.8, 4) is 28.3 Å². The van der Waals surface area contributed by atoms with Crippen molar-refractivity contribution in [2.45, 2.75) is 19.3 Å². The molecule has 4 aromatic carbocycles. The lowest BCUT2D eigenvalue weighted by atomic mass is 9.74. The van der Waals surface area contributed by atoms with E-state index in [2.05, 4.69) is 107 Å². The second-order valence-corrected chi connectivity index (χ2v) is 11.3. The SMILES string of the molecule is CC1(C)c2cc(-c3ccc4sc5ccccc5c4c3)ccc2-n2c(-c3ccncn3)nc3cccc1c32. The van der Waals surface area contributed by atoms with Gasteiger partial charge in [-0.2, -0.15) is 0 Å². The molecule has 1 aliphatic heterocycles. The highest BCUT2D eigenvalue weighted by molar-refractivity contribution is 7.25. The fourth-order valence-corrected chi connectivity index (χ4v) is 7.01. The Morgan fingerprint density at radius 2 is 1.59 bits per heavy atom.